The summed E-state index contributed by atoms with van der Waals surface area (Å²) in [6, 6.07) is 33.9. The molecule has 1 unspecified atom stereocenters. The van der Waals surface area contributed by atoms with Crippen molar-refractivity contribution >= 4 is 22.7 Å². The van der Waals surface area contributed by atoms with Gasteiger partial charge in [0, 0.05) is 48.2 Å². The van der Waals surface area contributed by atoms with Crippen LogP contribution in [0.4, 0.5) is 0 Å². The van der Waals surface area contributed by atoms with E-state index in [1.165, 1.54) is 12.1 Å². The summed E-state index contributed by atoms with van der Waals surface area (Å²) < 4.78 is 13.2. The fourth-order valence-electron chi connectivity index (χ4n) is 8.89. The molecule has 304 valence electrons. The van der Waals surface area contributed by atoms with Gasteiger partial charge in [-0.05, 0) is 60.3 Å². The van der Waals surface area contributed by atoms with Crippen LogP contribution in [0.1, 0.15) is 90.4 Å². The zero-order valence-electron chi connectivity index (χ0n) is 33.2. The minimum absolute atomic E-state index is 0.0209. The van der Waals surface area contributed by atoms with E-state index in [-0.39, 0.29) is 41.5 Å². The van der Waals surface area contributed by atoms with E-state index in [4.69, 9.17) is 9.47 Å². The Labute approximate surface area is 340 Å². The number of rotatable bonds is 20. The Hall–Kier alpha value is -5.29. The van der Waals surface area contributed by atoms with Gasteiger partial charge in [-0.25, -0.2) is 0 Å². The molecule has 0 spiro atoms. The summed E-state index contributed by atoms with van der Waals surface area (Å²) in [7, 11) is 0. The molecule has 4 heterocycles. The SMILES string of the molecule is O=C(CC(c1ccccc1)c1cccc(OCCCCCCCNC[C@H](O)c2ccc(O)c3[nH]c(=O)ccc23)c1)O[C@H]1C[N+]2(CC(=O)c3ccccc3)CCC1CC2. The van der Waals surface area contributed by atoms with Crippen LogP contribution in [0.5, 0.6) is 11.5 Å². The number of aliphatic hydroxyl groups excluding tert-OH is 1. The molecule has 0 radical (unpaired) electrons. The van der Waals surface area contributed by atoms with Crippen LogP contribution in [0.15, 0.2) is 114 Å². The lowest BCUT2D eigenvalue weighted by Gasteiger charge is -2.51. The number of unbranched alkanes of at least 4 members (excludes halogenated alkanes) is 4. The van der Waals surface area contributed by atoms with Crippen molar-refractivity contribution in [3.63, 3.8) is 0 Å². The molecule has 3 fully saturated rings. The highest BCUT2D eigenvalue weighted by atomic mass is 16.5. The molecule has 0 aliphatic carbocycles. The number of phenolic OH excluding ortho intramolecular Hbond substituents is 1. The molecule has 58 heavy (non-hydrogen) atoms. The highest BCUT2D eigenvalue weighted by Crippen LogP contribution is 2.37. The number of Topliss-reactive ketones (excluding diaryl/α,β-unsaturated/α-hetero) is 1. The molecule has 5 aromatic rings. The van der Waals surface area contributed by atoms with Crippen molar-refractivity contribution < 1.29 is 33.8 Å². The molecule has 2 bridgehead atoms. The third-order valence-corrected chi connectivity index (χ3v) is 12.1. The average molecular weight is 787 g/mol. The second kappa shape index (κ2) is 19.4. The third-order valence-electron chi connectivity index (χ3n) is 12.1. The van der Waals surface area contributed by atoms with Gasteiger partial charge in [0.15, 0.2) is 6.10 Å². The van der Waals surface area contributed by atoms with Crippen molar-refractivity contribution in [1.82, 2.24) is 10.3 Å². The zero-order chi connectivity index (χ0) is 40.3. The number of piperidine rings is 3. The molecule has 3 aliphatic heterocycles. The highest BCUT2D eigenvalue weighted by molar-refractivity contribution is 5.97. The van der Waals surface area contributed by atoms with Gasteiger partial charge in [0.2, 0.25) is 11.3 Å². The smallest absolute Gasteiger partial charge is 0.307 e. The monoisotopic (exact) mass is 786 g/mol. The van der Waals surface area contributed by atoms with Gasteiger partial charge in [-0.1, -0.05) is 98.1 Å². The first-order chi connectivity index (χ1) is 28.3. The zero-order valence-corrected chi connectivity index (χ0v) is 33.2. The molecule has 4 aromatic carbocycles. The van der Waals surface area contributed by atoms with E-state index in [9.17, 15) is 24.6 Å². The lowest BCUT2D eigenvalue weighted by atomic mass is 9.82. The highest BCUT2D eigenvalue weighted by Gasteiger charge is 2.48. The summed E-state index contributed by atoms with van der Waals surface area (Å²) in [6.45, 7) is 4.80. The first-order valence-corrected chi connectivity index (χ1v) is 20.9. The van der Waals surface area contributed by atoms with Gasteiger partial charge in [-0.15, -0.1) is 0 Å². The van der Waals surface area contributed by atoms with Crippen LogP contribution >= 0.6 is 0 Å². The lowest BCUT2D eigenvalue weighted by molar-refractivity contribution is -0.938. The molecule has 8 rings (SSSR count). The maximum Gasteiger partial charge on any atom is 0.307 e. The summed E-state index contributed by atoms with van der Waals surface area (Å²) in [5.41, 5.74) is 3.50. The molecule has 10 nitrogen and oxygen atoms in total. The fourth-order valence-corrected chi connectivity index (χ4v) is 8.89. The standard InChI is InChI=1S/C48H55N3O7/c52-42-21-19-39(40-20-22-46(55)50-48(40)42)43(53)31-49-25-10-2-1-3-11-28-57-38-18-12-17-37(29-38)41(34-13-6-4-7-14-34)30-47(56)58-45-33-51(26-23-36(45)24-27-51)32-44(54)35-15-8-5-9-16-35/h4-9,12-22,29,36,41,43,45,49,53H,1-3,10-11,23-28,30-33H2,(H-,50,52,55)/p+1/t36?,41?,43-,45-,51?/m0/s1. The van der Waals surface area contributed by atoms with Crippen molar-refractivity contribution in [3.8, 4) is 11.5 Å². The van der Waals surface area contributed by atoms with E-state index in [0.717, 1.165) is 87.0 Å². The van der Waals surface area contributed by atoms with Gasteiger partial charge >= 0.3 is 5.97 Å². The van der Waals surface area contributed by atoms with Crippen molar-refractivity contribution in [3.05, 3.63) is 142 Å². The number of esters is 1. The van der Waals surface area contributed by atoms with Gasteiger partial charge in [0.05, 0.1) is 37.7 Å². The number of aliphatic hydroxyl groups is 1. The van der Waals surface area contributed by atoms with Gasteiger partial charge in [0.1, 0.15) is 24.6 Å². The second-order valence-electron chi connectivity index (χ2n) is 16.1. The van der Waals surface area contributed by atoms with Crippen LogP contribution in [-0.2, 0) is 9.53 Å². The summed E-state index contributed by atoms with van der Waals surface area (Å²) in [5, 5.41) is 24.8. The number of aromatic amines is 1. The number of hydrogen-bond acceptors (Lipinski definition) is 8. The average Bonchev–Trinajstić information content (AvgIpc) is 3.24. The largest absolute Gasteiger partial charge is 0.506 e. The topological polar surface area (TPSA) is 138 Å². The molecule has 0 amide bonds. The molecule has 4 N–H and O–H groups in total. The third kappa shape index (κ3) is 10.4. The van der Waals surface area contributed by atoms with E-state index in [2.05, 4.69) is 34.6 Å². The van der Waals surface area contributed by atoms with Crippen molar-refractivity contribution in [2.45, 2.75) is 69.5 Å². The van der Waals surface area contributed by atoms with Gasteiger partial charge in [-0.2, -0.15) is 0 Å². The number of pyridine rings is 1. The Balaban J connectivity index is 0.845. The first-order valence-electron chi connectivity index (χ1n) is 20.9. The quantitative estimate of drug-likeness (QED) is 0.0277. The number of carbonyl (C=O) groups is 2. The van der Waals surface area contributed by atoms with Crippen molar-refractivity contribution in [2.75, 3.05) is 45.9 Å². The van der Waals surface area contributed by atoms with Crippen LogP contribution in [0.3, 0.4) is 0 Å². The lowest BCUT2D eigenvalue weighted by Crippen LogP contribution is -2.65. The van der Waals surface area contributed by atoms with E-state index in [1.54, 1.807) is 12.1 Å². The Morgan fingerprint density at radius 3 is 2.34 bits per heavy atom. The first kappa shape index (κ1) is 40.9. The molecular formula is C48H56N3O7+. The Morgan fingerprint density at radius 2 is 1.55 bits per heavy atom. The number of nitrogens with one attached hydrogen (secondary N) is 2. The van der Waals surface area contributed by atoms with E-state index >= 15 is 0 Å². The molecule has 3 saturated heterocycles. The number of aromatic nitrogens is 1. The number of nitrogens with zero attached hydrogens (tertiary/aromatic N) is 1. The number of H-pyrrole nitrogens is 1. The number of carbonyl (C=O) groups excluding carboxylic acids is 2. The number of aromatic hydroxyl groups is 1. The van der Waals surface area contributed by atoms with Crippen LogP contribution in [0, 0.1) is 5.92 Å². The van der Waals surface area contributed by atoms with Gasteiger partial charge in [0.25, 0.3) is 0 Å². The molecule has 10 heteroatoms. The van der Waals surface area contributed by atoms with Crippen LogP contribution in [0.25, 0.3) is 10.9 Å². The van der Waals surface area contributed by atoms with E-state index < -0.39 is 6.10 Å². The predicted molar refractivity (Wildman–Crippen MR) is 225 cm³/mol. The normalized spacial score (nSPS) is 19.7. The summed E-state index contributed by atoms with van der Waals surface area (Å²) >= 11 is 0. The maximum absolute atomic E-state index is 13.7. The number of benzene rings is 4. The van der Waals surface area contributed by atoms with Gasteiger partial charge in [-0.3, -0.25) is 14.4 Å². The molecule has 3 aliphatic rings. The maximum atomic E-state index is 13.7. The number of phenols is 1. The summed E-state index contributed by atoms with van der Waals surface area (Å²) in [6.07, 6.45) is 6.31. The van der Waals surface area contributed by atoms with Crippen LogP contribution in [-0.4, -0.2) is 83.4 Å². The van der Waals surface area contributed by atoms with Crippen LogP contribution in [0.2, 0.25) is 0 Å². The Kier molecular flexibility index (Phi) is 13.7. The molecule has 3 atom stereocenters. The number of fused-ring (bicyclic) bond motifs is 4. The second-order valence-corrected chi connectivity index (χ2v) is 16.1. The predicted octanol–water partition coefficient (Wildman–Crippen LogP) is 7.44. The van der Waals surface area contributed by atoms with Crippen molar-refractivity contribution in [1.29, 1.82) is 0 Å². The number of quaternary nitrogens is 1. The van der Waals surface area contributed by atoms with Crippen molar-refractivity contribution in [2.24, 2.45) is 5.92 Å². The molecule has 0 saturated carbocycles. The Morgan fingerprint density at radius 1 is 0.828 bits per heavy atom. The summed E-state index contributed by atoms with van der Waals surface area (Å²) in [5.74, 6) is 0.873. The van der Waals surface area contributed by atoms with Crippen LogP contribution < -0.4 is 15.6 Å². The fraction of sp³-hybridized carbons (Fsp3) is 0.396. The summed E-state index contributed by atoms with van der Waals surface area (Å²) in [4.78, 5) is 41.3. The molecular weight excluding hydrogens is 731 g/mol. The number of ether oxygens (including phenoxy) is 2. The van der Waals surface area contributed by atoms with E-state index in [1.807, 2.05) is 60.7 Å². The van der Waals surface area contributed by atoms with E-state index in [0.29, 0.717) is 53.1 Å². The minimum atomic E-state index is -0.769. The number of ketones is 1. The molecule has 1 aromatic heterocycles. The Bertz CT molecular complexity index is 2180. The number of hydrogen-bond donors (Lipinski definition) is 4. The van der Waals surface area contributed by atoms with Gasteiger partial charge < -0.3 is 34.5 Å². The minimum Gasteiger partial charge on any atom is -0.506 e.